The van der Waals surface area contributed by atoms with Crippen LogP contribution in [0.15, 0.2) is 6.33 Å². The van der Waals surface area contributed by atoms with Crippen LogP contribution >= 0.6 is 0 Å². The maximum atomic E-state index is 10.2. The first kappa shape index (κ1) is 13.1. The van der Waals surface area contributed by atoms with E-state index < -0.39 is 11.7 Å². The van der Waals surface area contributed by atoms with Crippen LogP contribution in [-0.4, -0.2) is 36.7 Å². The first-order chi connectivity index (χ1) is 7.57. The molecule has 1 aromatic rings. The highest BCUT2D eigenvalue weighted by atomic mass is 16.3. The molecule has 92 valence electrons. The lowest BCUT2D eigenvalue weighted by Gasteiger charge is -2.30. The van der Waals surface area contributed by atoms with Gasteiger partial charge in [0, 0.05) is 13.0 Å². The van der Waals surface area contributed by atoms with Gasteiger partial charge in [0.05, 0.1) is 11.7 Å². The Morgan fingerprint density at radius 1 is 1.38 bits per heavy atom. The number of aryl methyl sites for hydroxylation is 1. The van der Waals surface area contributed by atoms with Crippen molar-refractivity contribution in [3.05, 3.63) is 12.2 Å². The second kappa shape index (κ2) is 5.41. The van der Waals surface area contributed by atoms with E-state index in [4.69, 9.17) is 0 Å². The molecule has 0 spiro atoms. The first-order valence-corrected chi connectivity index (χ1v) is 5.84. The molecule has 16 heavy (non-hydrogen) atoms. The van der Waals surface area contributed by atoms with Gasteiger partial charge in [0.15, 0.2) is 0 Å². The van der Waals surface area contributed by atoms with Gasteiger partial charge in [0.1, 0.15) is 12.2 Å². The van der Waals surface area contributed by atoms with Crippen molar-refractivity contribution in [3.63, 3.8) is 0 Å². The normalized spacial score (nSPS) is 14.1. The molecule has 0 bridgehead atoms. The fourth-order valence-electron chi connectivity index (χ4n) is 1.79. The van der Waals surface area contributed by atoms with Gasteiger partial charge in [-0.2, -0.15) is 5.10 Å². The standard InChI is InChI=1S/C11H21N3O2/c1-4-11(16,5-2)9(15)7-10-12-8-13-14(10)6-3/h8-9,15-16H,4-7H2,1-3H3. The third-order valence-electron chi connectivity index (χ3n) is 3.22. The van der Waals surface area contributed by atoms with E-state index in [0.717, 1.165) is 12.4 Å². The van der Waals surface area contributed by atoms with Crippen LogP contribution in [0.1, 0.15) is 39.4 Å². The fourth-order valence-corrected chi connectivity index (χ4v) is 1.79. The number of hydrogen-bond donors (Lipinski definition) is 2. The van der Waals surface area contributed by atoms with Crippen LogP contribution in [0.5, 0.6) is 0 Å². The van der Waals surface area contributed by atoms with E-state index in [-0.39, 0.29) is 0 Å². The molecule has 1 atom stereocenters. The van der Waals surface area contributed by atoms with Crippen LogP contribution in [0, 0.1) is 0 Å². The van der Waals surface area contributed by atoms with Crippen molar-refractivity contribution in [3.8, 4) is 0 Å². The highest BCUT2D eigenvalue weighted by Crippen LogP contribution is 2.21. The number of hydrogen-bond acceptors (Lipinski definition) is 4. The van der Waals surface area contributed by atoms with Gasteiger partial charge in [0.25, 0.3) is 0 Å². The Morgan fingerprint density at radius 2 is 2.00 bits per heavy atom. The minimum atomic E-state index is -1.02. The molecule has 1 unspecified atom stereocenters. The lowest BCUT2D eigenvalue weighted by atomic mass is 9.89. The van der Waals surface area contributed by atoms with Gasteiger partial charge in [-0.1, -0.05) is 13.8 Å². The Balaban J connectivity index is 2.74. The monoisotopic (exact) mass is 227 g/mol. The average Bonchev–Trinajstić information content (AvgIpc) is 2.75. The van der Waals surface area contributed by atoms with E-state index >= 15 is 0 Å². The number of rotatable bonds is 6. The van der Waals surface area contributed by atoms with Gasteiger partial charge in [-0.05, 0) is 19.8 Å². The summed E-state index contributed by atoms with van der Waals surface area (Å²) in [6, 6.07) is 0. The number of aliphatic hydroxyl groups excluding tert-OH is 1. The topological polar surface area (TPSA) is 71.2 Å². The molecule has 0 radical (unpaired) electrons. The van der Waals surface area contributed by atoms with Crippen LogP contribution in [0.4, 0.5) is 0 Å². The maximum absolute atomic E-state index is 10.2. The largest absolute Gasteiger partial charge is 0.390 e. The Labute approximate surface area is 96.1 Å². The fraction of sp³-hybridized carbons (Fsp3) is 0.818. The van der Waals surface area contributed by atoms with E-state index in [1.807, 2.05) is 20.8 Å². The zero-order valence-corrected chi connectivity index (χ0v) is 10.2. The molecule has 0 fully saturated rings. The van der Waals surface area contributed by atoms with E-state index in [1.165, 1.54) is 6.33 Å². The van der Waals surface area contributed by atoms with Gasteiger partial charge in [-0.25, -0.2) is 4.98 Å². The number of nitrogens with zero attached hydrogens (tertiary/aromatic N) is 3. The molecule has 0 saturated carbocycles. The Kier molecular flexibility index (Phi) is 4.44. The summed E-state index contributed by atoms with van der Waals surface area (Å²) in [6.45, 7) is 6.43. The smallest absolute Gasteiger partial charge is 0.138 e. The third kappa shape index (κ3) is 2.59. The predicted molar refractivity (Wildman–Crippen MR) is 60.9 cm³/mol. The molecule has 5 heteroatoms. The minimum absolute atomic E-state index is 0.339. The summed E-state index contributed by atoms with van der Waals surface area (Å²) in [6.07, 6.45) is 2.08. The molecule has 0 aliphatic rings. The van der Waals surface area contributed by atoms with E-state index in [0.29, 0.717) is 19.3 Å². The van der Waals surface area contributed by atoms with Gasteiger partial charge in [0.2, 0.25) is 0 Å². The van der Waals surface area contributed by atoms with Gasteiger partial charge >= 0.3 is 0 Å². The van der Waals surface area contributed by atoms with Crippen molar-refractivity contribution in [2.45, 2.75) is 58.3 Å². The zero-order chi connectivity index (χ0) is 12.2. The second-order valence-electron chi connectivity index (χ2n) is 4.02. The molecule has 0 saturated heterocycles. The molecule has 2 N–H and O–H groups in total. The van der Waals surface area contributed by atoms with E-state index in [9.17, 15) is 10.2 Å². The van der Waals surface area contributed by atoms with Crippen molar-refractivity contribution in [1.82, 2.24) is 14.8 Å². The lowest BCUT2D eigenvalue weighted by Crippen LogP contribution is -2.43. The molecule has 5 nitrogen and oxygen atoms in total. The first-order valence-electron chi connectivity index (χ1n) is 5.84. The molecule has 0 aliphatic carbocycles. The lowest BCUT2D eigenvalue weighted by molar-refractivity contribution is -0.0800. The Bertz CT molecular complexity index is 321. The summed E-state index contributed by atoms with van der Waals surface area (Å²) in [5, 5.41) is 24.2. The average molecular weight is 227 g/mol. The highest BCUT2D eigenvalue weighted by molar-refractivity contribution is 4.94. The van der Waals surface area contributed by atoms with Crippen LogP contribution < -0.4 is 0 Å². The Morgan fingerprint density at radius 3 is 2.50 bits per heavy atom. The van der Waals surface area contributed by atoms with Gasteiger partial charge in [-0.15, -0.1) is 0 Å². The molecule has 0 aliphatic heterocycles. The molecule has 1 aromatic heterocycles. The zero-order valence-electron chi connectivity index (χ0n) is 10.2. The quantitative estimate of drug-likeness (QED) is 0.752. The second-order valence-corrected chi connectivity index (χ2v) is 4.02. The molecule has 0 amide bonds. The number of aromatic nitrogens is 3. The SMILES string of the molecule is CCn1ncnc1CC(O)C(O)(CC)CC. The highest BCUT2D eigenvalue weighted by Gasteiger charge is 2.32. The van der Waals surface area contributed by atoms with E-state index in [2.05, 4.69) is 10.1 Å². The minimum Gasteiger partial charge on any atom is -0.390 e. The van der Waals surface area contributed by atoms with Gasteiger partial charge < -0.3 is 10.2 Å². The van der Waals surface area contributed by atoms with Crippen molar-refractivity contribution in [2.24, 2.45) is 0 Å². The molecular formula is C11H21N3O2. The van der Waals surface area contributed by atoms with Crippen molar-refractivity contribution in [2.75, 3.05) is 0 Å². The summed E-state index contributed by atoms with van der Waals surface area (Å²) in [4.78, 5) is 4.09. The molecule has 1 rings (SSSR count). The van der Waals surface area contributed by atoms with Crippen molar-refractivity contribution >= 4 is 0 Å². The van der Waals surface area contributed by atoms with Crippen LogP contribution in [0.3, 0.4) is 0 Å². The number of aliphatic hydroxyl groups is 2. The molecule has 1 heterocycles. The predicted octanol–water partition coefficient (Wildman–Crippen LogP) is 0.752. The molecular weight excluding hydrogens is 206 g/mol. The van der Waals surface area contributed by atoms with Crippen LogP contribution in [-0.2, 0) is 13.0 Å². The van der Waals surface area contributed by atoms with E-state index in [1.54, 1.807) is 4.68 Å². The summed E-state index contributed by atoms with van der Waals surface area (Å²) in [7, 11) is 0. The van der Waals surface area contributed by atoms with Crippen molar-refractivity contribution in [1.29, 1.82) is 0 Å². The van der Waals surface area contributed by atoms with Crippen LogP contribution in [0.25, 0.3) is 0 Å². The Hall–Kier alpha value is -0.940. The summed E-state index contributed by atoms with van der Waals surface area (Å²) in [5.74, 6) is 0.718. The van der Waals surface area contributed by atoms with Crippen molar-refractivity contribution < 1.29 is 10.2 Å². The van der Waals surface area contributed by atoms with Crippen LogP contribution in [0.2, 0.25) is 0 Å². The summed E-state index contributed by atoms with van der Waals surface area (Å²) in [5.41, 5.74) is -1.02. The summed E-state index contributed by atoms with van der Waals surface area (Å²) >= 11 is 0. The third-order valence-corrected chi connectivity index (χ3v) is 3.22. The molecule has 0 aromatic carbocycles. The van der Waals surface area contributed by atoms with Gasteiger partial charge in [-0.3, -0.25) is 4.68 Å². The summed E-state index contributed by atoms with van der Waals surface area (Å²) < 4.78 is 1.73. The maximum Gasteiger partial charge on any atom is 0.138 e.